The zero-order valence-corrected chi connectivity index (χ0v) is 19.5. The molecule has 0 radical (unpaired) electrons. The quantitative estimate of drug-likeness (QED) is 0.663. The smallest absolute Gasteiger partial charge is 0.414 e. The molecule has 0 aliphatic carbocycles. The van der Waals surface area contributed by atoms with Crippen molar-refractivity contribution in [3.8, 4) is 0 Å². The third-order valence-corrected chi connectivity index (χ3v) is 7.60. The van der Waals surface area contributed by atoms with Crippen LogP contribution in [0.4, 0.5) is 14.9 Å². The maximum absolute atomic E-state index is 13.3. The van der Waals surface area contributed by atoms with E-state index in [-0.39, 0.29) is 36.2 Å². The summed E-state index contributed by atoms with van der Waals surface area (Å²) in [5, 5.41) is 13.2. The molecule has 1 saturated heterocycles. The summed E-state index contributed by atoms with van der Waals surface area (Å²) in [5.41, 5.74) is 1.92. The molecule has 2 aromatic carbocycles. The highest BCUT2D eigenvalue weighted by molar-refractivity contribution is 7.89. The van der Waals surface area contributed by atoms with E-state index >= 15 is 0 Å². The van der Waals surface area contributed by atoms with Crippen molar-refractivity contribution in [1.29, 1.82) is 0 Å². The van der Waals surface area contributed by atoms with Gasteiger partial charge in [-0.1, -0.05) is 32.9 Å². The van der Waals surface area contributed by atoms with E-state index < -0.39 is 27.7 Å². The van der Waals surface area contributed by atoms with Gasteiger partial charge in [0.2, 0.25) is 15.8 Å². The summed E-state index contributed by atoms with van der Waals surface area (Å²) in [5.74, 6) is -2.29. The van der Waals surface area contributed by atoms with Gasteiger partial charge in [-0.3, -0.25) is 5.32 Å². The van der Waals surface area contributed by atoms with Crippen LogP contribution in [0.5, 0.6) is 0 Å². The van der Waals surface area contributed by atoms with E-state index in [2.05, 4.69) is 26.1 Å². The molecular weight excluding hydrogens is 435 g/mol. The Bertz CT molecular complexity index is 1090. The fourth-order valence-electron chi connectivity index (χ4n) is 3.59. The van der Waals surface area contributed by atoms with Crippen molar-refractivity contribution in [2.24, 2.45) is 0 Å². The standard InChI is InChI=1S/C23H29FN2O5S/c1-16-15-18(24)7-10-20(16)32(29,30)26-13-11-23(28,12-14-26)31-21(27)25-19-8-5-17(6-9-19)22(2,3)4/h5-10,15,28H,11-14H2,1-4H3,(H,25,27). The molecule has 3 rings (SSSR count). The van der Waals surface area contributed by atoms with E-state index in [0.29, 0.717) is 11.3 Å². The topological polar surface area (TPSA) is 95.9 Å². The second kappa shape index (κ2) is 8.80. The van der Waals surface area contributed by atoms with Crippen molar-refractivity contribution in [1.82, 2.24) is 4.31 Å². The normalized spacial score (nSPS) is 17.1. The monoisotopic (exact) mass is 464 g/mol. The van der Waals surface area contributed by atoms with Crippen LogP contribution in [0.2, 0.25) is 0 Å². The van der Waals surface area contributed by atoms with Crippen LogP contribution in [0.1, 0.15) is 44.7 Å². The Morgan fingerprint density at radius 2 is 1.72 bits per heavy atom. The zero-order valence-electron chi connectivity index (χ0n) is 18.7. The molecular formula is C23H29FN2O5S. The molecule has 1 aliphatic rings. The minimum atomic E-state index is -3.85. The van der Waals surface area contributed by atoms with Crippen LogP contribution in [0, 0.1) is 12.7 Å². The number of benzene rings is 2. The molecule has 1 aliphatic heterocycles. The lowest BCUT2D eigenvalue weighted by atomic mass is 9.87. The third-order valence-electron chi connectivity index (χ3n) is 5.54. The third kappa shape index (κ3) is 5.46. The summed E-state index contributed by atoms with van der Waals surface area (Å²) in [6.07, 6.45) is -0.979. The summed E-state index contributed by atoms with van der Waals surface area (Å²) >= 11 is 0. The summed E-state index contributed by atoms with van der Waals surface area (Å²) in [4.78, 5) is 12.3. The number of carbonyl (C=O) groups excluding carboxylic acids is 1. The van der Waals surface area contributed by atoms with Crippen LogP contribution < -0.4 is 5.32 Å². The van der Waals surface area contributed by atoms with Crippen LogP contribution in [-0.2, 0) is 20.2 Å². The van der Waals surface area contributed by atoms with Crippen molar-refractivity contribution >= 4 is 21.8 Å². The maximum Gasteiger partial charge on any atom is 0.414 e. The highest BCUT2D eigenvalue weighted by atomic mass is 32.2. The SMILES string of the molecule is Cc1cc(F)ccc1S(=O)(=O)N1CCC(O)(OC(=O)Nc2ccc(C(C)(C)C)cc2)CC1. The number of nitrogens with one attached hydrogen (secondary N) is 1. The van der Waals surface area contributed by atoms with Gasteiger partial charge in [0.15, 0.2) is 0 Å². The Morgan fingerprint density at radius 3 is 2.25 bits per heavy atom. The zero-order chi connectivity index (χ0) is 23.7. The fraction of sp³-hybridized carbons (Fsp3) is 0.435. The molecule has 2 N–H and O–H groups in total. The van der Waals surface area contributed by atoms with Crippen LogP contribution >= 0.6 is 0 Å². The number of aryl methyl sites for hydroxylation is 1. The van der Waals surface area contributed by atoms with Crippen molar-refractivity contribution in [3.63, 3.8) is 0 Å². The van der Waals surface area contributed by atoms with Gasteiger partial charge < -0.3 is 9.84 Å². The maximum atomic E-state index is 13.3. The van der Waals surface area contributed by atoms with Crippen LogP contribution in [-0.4, -0.2) is 42.8 Å². The molecule has 0 unspecified atom stereocenters. The van der Waals surface area contributed by atoms with Gasteiger partial charge in [-0.05, 0) is 53.8 Å². The first-order chi connectivity index (χ1) is 14.8. The number of hydrogen-bond donors (Lipinski definition) is 2. The summed E-state index contributed by atoms with van der Waals surface area (Å²) in [6.45, 7) is 7.71. The lowest BCUT2D eigenvalue weighted by molar-refractivity contribution is -0.180. The average molecular weight is 465 g/mol. The summed E-state index contributed by atoms with van der Waals surface area (Å²) in [6, 6.07) is 10.8. The second-order valence-electron chi connectivity index (χ2n) is 9.10. The number of sulfonamides is 1. The van der Waals surface area contributed by atoms with Gasteiger partial charge in [-0.2, -0.15) is 4.31 Å². The first-order valence-corrected chi connectivity index (χ1v) is 11.8. The van der Waals surface area contributed by atoms with E-state index in [4.69, 9.17) is 4.74 Å². The lowest BCUT2D eigenvalue weighted by Gasteiger charge is -2.36. The molecule has 7 nitrogen and oxygen atoms in total. The molecule has 32 heavy (non-hydrogen) atoms. The van der Waals surface area contributed by atoms with Crippen LogP contribution in [0.15, 0.2) is 47.4 Å². The van der Waals surface area contributed by atoms with Gasteiger partial charge in [-0.25, -0.2) is 17.6 Å². The minimum absolute atomic E-state index is 0.0155. The number of anilines is 1. The van der Waals surface area contributed by atoms with E-state index in [0.717, 1.165) is 17.7 Å². The first-order valence-electron chi connectivity index (χ1n) is 10.4. The average Bonchev–Trinajstić information content (AvgIpc) is 2.67. The van der Waals surface area contributed by atoms with Crippen molar-refractivity contribution in [3.05, 3.63) is 59.4 Å². The molecule has 0 atom stereocenters. The highest BCUT2D eigenvalue weighted by Gasteiger charge is 2.40. The van der Waals surface area contributed by atoms with Crippen LogP contribution in [0.3, 0.4) is 0 Å². The first kappa shape index (κ1) is 24.2. The van der Waals surface area contributed by atoms with Crippen molar-refractivity contribution in [2.75, 3.05) is 18.4 Å². The number of carbonyl (C=O) groups is 1. The number of nitrogens with zero attached hydrogens (tertiary/aromatic N) is 1. The number of amides is 1. The van der Waals surface area contributed by atoms with E-state index in [1.54, 1.807) is 12.1 Å². The Morgan fingerprint density at radius 1 is 1.12 bits per heavy atom. The van der Waals surface area contributed by atoms with E-state index in [9.17, 15) is 22.7 Å². The number of hydrogen-bond acceptors (Lipinski definition) is 5. The second-order valence-corrected chi connectivity index (χ2v) is 11.0. The Balaban J connectivity index is 1.60. The lowest BCUT2D eigenvalue weighted by Crippen LogP contribution is -2.49. The predicted molar refractivity (Wildman–Crippen MR) is 119 cm³/mol. The molecule has 1 fully saturated rings. The molecule has 0 aromatic heterocycles. The van der Waals surface area contributed by atoms with E-state index in [1.807, 2.05) is 12.1 Å². The van der Waals surface area contributed by atoms with Gasteiger partial charge in [-0.15, -0.1) is 0 Å². The molecule has 1 heterocycles. The van der Waals surface area contributed by atoms with E-state index in [1.165, 1.54) is 17.3 Å². The van der Waals surface area contributed by atoms with Crippen LogP contribution in [0.25, 0.3) is 0 Å². The fourth-order valence-corrected chi connectivity index (χ4v) is 5.24. The number of piperidine rings is 1. The highest BCUT2D eigenvalue weighted by Crippen LogP contribution is 2.30. The van der Waals surface area contributed by atoms with Gasteiger partial charge >= 0.3 is 6.09 Å². The molecule has 1 amide bonds. The Kier molecular flexibility index (Phi) is 6.65. The van der Waals surface area contributed by atoms with Crippen molar-refractivity contribution < 1.29 is 27.4 Å². The van der Waals surface area contributed by atoms with Gasteiger partial charge in [0.25, 0.3) is 0 Å². The molecule has 0 saturated carbocycles. The van der Waals surface area contributed by atoms with Gasteiger partial charge in [0.05, 0.1) is 4.90 Å². The molecule has 0 spiro atoms. The Labute approximate surface area is 188 Å². The minimum Gasteiger partial charge on any atom is -0.417 e. The molecule has 174 valence electrons. The largest absolute Gasteiger partial charge is 0.417 e. The summed E-state index contributed by atoms with van der Waals surface area (Å²) < 4.78 is 45.5. The number of ether oxygens (including phenoxy) is 1. The Hall–Kier alpha value is -2.49. The number of halogens is 1. The van der Waals surface area contributed by atoms with Gasteiger partial charge in [0, 0.05) is 31.6 Å². The molecule has 2 aromatic rings. The molecule has 0 bridgehead atoms. The van der Waals surface area contributed by atoms with Crippen molar-refractivity contribution in [2.45, 2.75) is 56.6 Å². The predicted octanol–water partition coefficient (Wildman–Crippen LogP) is 4.15. The van der Waals surface area contributed by atoms with Gasteiger partial charge in [0.1, 0.15) is 5.82 Å². The summed E-state index contributed by atoms with van der Waals surface area (Å²) in [7, 11) is -3.85. The molecule has 9 heteroatoms. The number of rotatable bonds is 4. The number of aliphatic hydroxyl groups is 1.